The zero-order valence-corrected chi connectivity index (χ0v) is 27.0. The fraction of sp³-hybridized carbons (Fsp3) is 0.429. The Labute approximate surface area is 258 Å². The number of sulfonamides is 1. The maximum atomic E-state index is 12.9. The number of carboxylic acids is 1. The lowest BCUT2D eigenvalue weighted by molar-refractivity contribution is 0.0687. The number of aryl methyl sites for hydroxylation is 1. The third-order valence-corrected chi connectivity index (χ3v) is 7.77. The fourth-order valence-electron chi connectivity index (χ4n) is 5.53. The summed E-state index contributed by atoms with van der Waals surface area (Å²) in [6.07, 6.45) is 0.983. The summed E-state index contributed by atoms with van der Waals surface area (Å²) in [5.74, 6) is -2.06. The number of carbonyl (C=O) groups is 2. The van der Waals surface area contributed by atoms with Crippen molar-refractivity contribution in [3.05, 3.63) is 46.6 Å². The van der Waals surface area contributed by atoms with Crippen LogP contribution in [0.4, 0.5) is 5.69 Å². The number of primary amides is 1. The number of rotatable bonds is 8. The second-order valence-electron chi connectivity index (χ2n) is 11.2. The number of aromatic nitrogens is 1. The van der Waals surface area contributed by atoms with Gasteiger partial charge in [0.1, 0.15) is 5.69 Å². The van der Waals surface area contributed by atoms with Crippen LogP contribution in [0.5, 0.6) is 5.75 Å². The van der Waals surface area contributed by atoms with Crippen molar-refractivity contribution in [3.8, 4) is 16.9 Å². The summed E-state index contributed by atoms with van der Waals surface area (Å²) in [5, 5.41) is 14.5. The largest absolute Gasteiger partial charge is 0.494 e. The first kappa shape index (κ1) is 35.2. The number of anilines is 1. The number of carboxylic acid groups (broad SMARTS) is 1. The molecule has 1 aromatic heterocycles. The van der Waals surface area contributed by atoms with Crippen molar-refractivity contribution in [3.63, 3.8) is 0 Å². The van der Waals surface area contributed by atoms with Gasteiger partial charge in [0.15, 0.2) is 5.75 Å². The molecule has 1 aliphatic rings. The third kappa shape index (κ3) is 6.78. The van der Waals surface area contributed by atoms with Crippen molar-refractivity contribution in [2.45, 2.75) is 32.7 Å². The molecule has 5 N–H and O–H groups in total. The molecule has 2 heterocycles. The molecule has 1 fully saturated rings. The number of para-hydroxylation sites is 1. The van der Waals surface area contributed by atoms with Gasteiger partial charge in [0.2, 0.25) is 10.0 Å². The van der Waals surface area contributed by atoms with E-state index < -0.39 is 27.3 Å². The Morgan fingerprint density at radius 2 is 1.76 bits per heavy atom. The molecule has 0 spiro atoms. The molecule has 42 heavy (non-hydrogen) atoms. The number of nitrogens with one attached hydrogen (secondary N) is 2. The molecule has 0 aliphatic carbocycles. The van der Waals surface area contributed by atoms with Crippen molar-refractivity contribution in [1.82, 2.24) is 14.8 Å². The first-order valence-electron chi connectivity index (χ1n) is 13.0. The Morgan fingerprint density at radius 1 is 1.14 bits per heavy atom. The summed E-state index contributed by atoms with van der Waals surface area (Å²) >= 11 is 0. The number of nitrogens with zero attached hydrogens (tertiary/aromatic N) is 2. The standard InChI is InChI=1S/C28H37N5O6S.2ClH/c1-28(2,3)19-14-18(26(29)34)25(39-5)22(31-40(6,37)38)21(19)20-17-9-7-8-16(15-33-12-10-30-11-13-33)23(17)32(4)24(20)27(35)36;;/h7-9,14,30-31H,10-13,15H2,1-6H3,(H2,29,34)(H,35,36);2*1H. The number of hydrogen-bond donors (Lipinski definition) is 4. The first-order chi connectivity index (χ1) is 18.7. The molecular weight excluding hydrogens is 605 g/mol. The summed E-state index contributed by atoms with van der Waals surface area (Å²) in [7, 11) is -0.892. The van der Waals surface area contributed by atoms with Crippen molar-refractivity contribution in [2.24, 2.45) is 12.8 Å². The maximum absolute atomic E-state index is 12.9. The lowest BCUT2D eigenvalue weighted by Crippen LogP contribution is -2.42. The number of amides is 1. The fourth-order valence-corrected chi connectivity index (χ4v) is 6.10. The lowest BCUT2D eigenvalue weighted by Gasteiger charge is -2.28. The van der Waals surface area contributed by atoms with Gasteiger partial charge in [-0.05, 0) is 22.6 Å². The van der Waals surface area contributed by atoms with E-state index in [0.717, 1.165) is 43.5 Å². The van der Waals surface area contributed by atoms with Gasteiger partial charge in [-0.15, -0.1) is 24.8 Å². The van der Waals surface area contributed by atoms with Crippen molar-refractivity contribution in [1.29, 1.82) is 0 Å². The topological polar surface area (TPSA) is 156 Å². The van der Waals surface area contributed by atoms with Gasteiger partial charge in [0, 0.05) is 56.3 Å². The van der Waals surface area contributed by atoms with Gasteiger partial charge in [0.05, 0.1) is 30.1 Å². The Balaban J connectivity index is 0.00000308. The zero-order chi connectivity index (χ0) is 29.6. The van der Waals surface area contributed by atoms with Gasteiger partial charge in [-0.25, -0.2) is 13.2 Å². The number of hydrogen-bond acceptors (Lipinski definition) is 7. The quantitative estimate of drug-likeness (QED) is 0.290. The summed E-state index contributed by atoms with van der Waals surface area (Å²) in [5.41, 5.74) is 7.85. The Hall–Kier alpha value is -3.03. The predicted molar refractivity (Wildman–Crippen MR) is 170 cm³/mol. The monoisotopic (exact) mass is 643 g/mol. The highest BCUT2D eigenvalue weighted by Gasteiger charge is 2.34. The van der Waals surface area contributed by atoms with Crippen LogP contribution in [0.1, 0.15) is 52.7 Å². The first-order valence-corrected chi connectivity index (χ1v) is 14.8. The summed E-state index contributed by atoms with van der Waals surface area (Å²) in [6.45, 7) is 9.79. The van der Waals surface area contributed by atoms with Gasteiger partial charge in [-0.3, -0.25) is 14.4 Å². The van der Waals surface area contributed by atoms with E-state index in [4.69, 9.17) is 10.5 Å². The van der Waals surface area contributed by atoms with Crippen LogP contribution in [0, 0.1) is 0 Å². The highest BCUT2D eigenvalue weighted by molar-refractivity contribution is 7.92. The van der Waals surface area contributed by atoms with Crippen molar-refractivity contribution < 1.29 is 27.9 Å². The van der Waals surface area contributed by atoms with Gasteiger partial charge in [-0.2, -0.15) is 0 Å². The van der Waals surface area contributed by atoms with Gasteiger partial charge < -0.3 is 25.5 Å². The summed E-state index contributed by atoms with van der Waals surface area (Å²) in [4.78, 5) is 27.7. The second-order valence-corrected chi connectivity index (χ2v) is 12.9. The number of carbonyl (C=O) groups excluding carboxylic acids is 1. The van der Waals surface area contributed by atoms with Crippen LogP contribution in [0.15, 0.2) is 24.3 Å². The summed E-state index contributed by atoms with van der Waals surface area (Å²) < 4.78 is 35.0. The highest BCUT2D eigenvalue weighted by atomic mass is 35.5. The van der Waals surface area contributed by atoms with E-state index >= 15 is 0 Å². The molecular formula is C28H39Cl2N5O6S. The number of benzene rings is 2. The molecule has 0 saturated carbocycles. The predicted octanol–water partition coefficient (Wildman–Crippen LogP) is 3.57. The minimum absolute atomic E-state index is 0. The molecule has 14 heteroatoms. The van der Waals surface area contributed by atoms with Crippen LogP contribution >= 0.6 is 24.8 Å². The molecule has 1 amide bonds. The summed E-state index contributed by atoms with van der Waals surface area (Å²) in [6, 6.07) is 7.27. The van der Waals surface area contributed by atoms with Crippen LogP contribution in [0.3, 0.4) is 0 Å². The Kier molecular flexibility index (Phi) is 11.0. The number of piperazine rings is 1. The van der Waals surface area contributed by atoms with Gasteiger partial charge in [0.25, 0.3) is 5.91 Å². The number of ether oxygens (including phenoxy) is 1. The molecule has 0 radical (unpaired) electrons. The minimum Gasteiger partial charge on any atom is -0.494 e. The van der Waals surface area contributed by atoms with Crippen molar-refractivity contribution >= 4 is 63.3 Å². The second kappa shape index (κ2) is 13.1. The van der Waals surface area contributed by atoms with Crippen molar-refractivity contribution in [2.75, 3.05) is 44.3 Å². The maximum Gasteiger partial charge on any atom is 0.353 e. The van der Waals surface area contributed by atoms with Crippen LogP contribution < -0.4 is 20.5 Å². The van der Waals surface area contributed by atoms with Crippen LogP contribution in [0.2, 0.25) is 0 Å². The number of aromatic carboxylic acids is 1. The molecule has 11 nitrogen and oxygen atoms in total. The van der Waals surface area contributed by atoms with E-state index in [1.807, 2.05) is 39.0 Å². The molecule has 3 aromatic rings. The Morgan fingerprint density at radius 3 is 2.26 bits per heavy atom. The number of nitrogens with two attached hydrogens (primary N) is 1. The van der Waals surface area contributed by atoms with E-state index in [9.17, 15) is 23.1 Å². The molecule has 1 saturated heterocycles. The van der Waals surface area contributed by atoms with E-state index in [2.05, 4.69) is 14.9 Å². The number of halogens is 2. The highest BCUT2D eigenvalue weighted by Crippen LogP contribution is 2.49. The van der Waals surface area contributed by atoms with E-state index in [0.29, 0.717) is 28.6 Å². The molecule has 0 atom stereocenters. The molecule has 4 rings (SSSR count). The zero-order valence-electron chi connectivity index (χ0n) is 24.5. The smallest absolute Gasteiger partial charge is 0.353 e. The molecule has 0 unspecified atom stereocenters. The average Bonchev–Trinajstić information content (AvgIpc) is 3.15. The van der Waals surface area contributed by atoms with Crippen LogP contribution in [-0.2, 0) is 29.0 Å². The average molecular weight is 645 g/mol. The normalized spacial score (nSPS) is 14.1. The third-order valence-electron chi connectivity index (χ3n) is 7.20. The van der Waals surface area contributed by atoms with Crippen LogP contribution in [0.25, 0.3) is 22.0 Å². The lowest BCUT2D eigenvalue weighted by atomic mass is 9.79. The Bertz CT molecular complexity index is 1610. The molecule has 232 valence electrons. The van der Waals surface area contributed by atoms with E-state index in [1.165, 1.54) is 7.11 Å². The molecule has 2 aromatic carbocycles. The van der Waals surface area contributed by atoms with E-state index in [-0.39, 0.29) is 47.5 Å². The minimum atomic E-state index is -3.90. The van der Waals surface area contributed by atoms with Gasteiger partial charge >= 0.3 is 5.97 Å². The van der Waals surface area contributed by atoms with Gasteiger partial charge in [-0.1, -0.05) is 39.0 Å². The van der Waals surface area contributed by atoms with E-state index in [1.54, 1.807) is 17.7 Å². The molecule has 0 bridgehead atoms. The van der Waals surface area contributed by atoms with Crippen LogP contribution in [-0.4, -0.2) is 74.4 Å². The SMILES string of the molecule is COc1c(C(N)=O)cc(C(C)(C)C)c(-c2c(C(=O)O)n(C)c3c(CN4CCNCC4)cccc23)c1NS(C)(=O)=O.Cl.Cl. The molecule has 1 aliphatic heterocycles. The number of fused-ring (bicyclic) bond motifs is 1. The number of methoxy groups -OCH3 is 1.